The summed E-state index contributed by atoms with van der Waals surface area (Å²) in [7, 11) is 1.65. The van der Waals surface area contributed by atoms with E-state index >= 15 is 0 Å². The van der Waals surface area contributed by atoms with Crippen LogP contribution in [0, 0.1) is 0 Å². The smallest absolute Gasteiger partial charge is 0.0146 e. The van der Waals surface area contributed by atoms with Gasteiger partial charge in [-0.15, -0.1) is 11.7 Å². The van der Waals surface area contributed by atoms with Gasteiger partial charge in [-0.25, -0.2) is 0 Å². The van der Waals surface area contributed by atoms with Crippen LogP contribution < -0.4 is 0 Å². The van der Waals surface area contributed by atoms with Gasteiger partial charge in [0, 0.05) is 16.8 Å². The monoisotopic (exact) mass is 152 g/mol. The second-order valence-corrected chi connectivity index (χ2v) is 4.35. The molecule has 7 heavy (non-hydrogen) atoms. The van der Waals surface area contributed by atoms with Crippen molar-refractivity contribution in [3.63, 3.8) is 0 Å². The molecule has 0 aromatic carbocycles. The van der Waals surface area contributed by atoms with E-state index in [4.69, 9.17) is 0 Å². The van der Waals surface area contributed by atoms with Crippen molar-refractivity contribution in [3.05, 3.63) is 0 Å². The van der Waals surface area contributed by atoms with Gasteiger partial charge in [-0.05, 0) is 6.42 Å². The zero-order valence-corrected chi connectivity index (χ0v) is 6.49. The van der Waals surface area contributed by atoms with Gasteiger partial charge in [-0.2, -0.15) is 11.8 Å². The summed E-state index contributed by atoms with van der Waals surface area (Å²) in [5.74, 6) is 2.62. The summed E-state index contributed by atoms with van der Waals surface area (Å²) in [4.78, 5) is 0. The summed E-state index contributed by atoms with van der Waals surface area (Å²) < 4.78 is 0. The number of thioether (sulfide) groups is 1. The Morgan fingerprint density at radius 1 is 1.86 bits per heavy atom. The molecule has 1 aliphatic rings. The lowest BCUT2D eigenvalue weighted by Gasteiger charge is -1.86. The molecule has 1 saturated heterocycles. The molecular formula is C4H8S3. The van der Waals surface area contributed by atoms with Crippen molar-refractivity contribution >= 4 is 34.2 Å². The van der Waals surface area contributed by atoms with Gasteiger partial charge in [0.15, 0.2) is 0 Å². The van der Waals surface area contributed by atoms with E-state index < -0.39 is 0 Å². The molecule has 0 spiro atoms. The van der Waals surface area contributed by atoms with Crippen LogP contribution in [0.2, 0.25) is 0 Å². The summed E-state index contributed by atoms with van der Waals surface area (Å²) in [6.07, 6.45) is 1.36. The fourth-order valence-corrected chi connectivity index (χ4v) is 1.86. The first-order chi connectivity index (χ1) is 3.43. The Kier molecular flexibility index (Phi) is 2.78. The van der Waals surface area contributed by atoms with Crippen LogP contribution in [0.4, 0.5) is 0 Å². The standard InChI is InChI=1S/C4H8S3/c5-7-2-1-4-3-6-4/h4-5H,1-3H2. The molecule has 0 aromatic rings. The highest BCUT2D eigenvalue weighted by Gasteiger charge is 2.20. The lowest BCUT2D eigenvalue weighted by atomic mass is 10.4. The van der Waals surface area contributed by atoms with E-state index in [2.05, 4.69) is 23.4 Å². The van der Waals surface area contributed by atoms with Gasteiger partial charge in [0.2, 0.25) is 0 Å². The first kappa shape index (κ1) is 6.17. The lowest BCUT2D eigenvalue weighted by Crippen LogP contribution is -1.82. The summed E-state index contributed by atoms with van der Waals surface area (Å²) >= 11 is 6.09. The van der Waals surface area contributed by atoms with Crippen molar-refractivity contribution in [1.82, 2.24) is 0 Å². The largest absolute Gasteiger partial charge is 0.157 e. The minimum absolute atomic E-state index is 1.000. The molecule has 0 aromatic heterocycles. The fourth-order valence-electron chi connectivity index (χ4n) is 0.419. The van der Waals surface area contributed by atoms with Crippen molar-refractivity contribution in [2.45, 2.75) is 11.7 Å². The summed E-state index contributed by atoms with van der Waals surface area (Å²) in [5, 5.41) is 1.000. The predicted molar refractivity (Wildman–Crippen MR) is 42.3 cm³/mol. The molecule has 1 rings (SSSR count). The van der Waals surface area contributed by atoms with Crippen LogP contribution in [-0.4, -0.2) is 16.8 Å². The van der Waals surface area contributed by atoms with Crippen LogP contribution in [0.5, 0.6) is 0 Å². The molecular weight excluding hydrogens is 144 g/mol. The molecule has 42 valence electrons. The molecule has 3 heteroatoms. The van der Waals surface area contributed by atoms with Crippen molar-refractivity contribution < 1.29 is 0 Å². The van der Waals surface area contributed by atoms with Crippen LogP contribution in [0.15, 0.2) is 0 Å². The van der Waals surface area contributed by atoms with Gasteiger partial charge in [-0.1, -0.05) is 10.8 Å². The number of hydrogen-bond donors (Lipinski definition) is 1. The summed E-state index contributed by atoms with van der Waals surface area (Å²) in [5.41, 5.74) is 0. The molecule has 0 aliphatic carbocycles. The van der Waals surface area contributed by atoms with Gasteiger partial charge in [-0.3, -0.25) is 0 Å². The quantitative estimate of drug-likeness (QED) is 0.373. The van der Waals surface area contributed by atoms with Crippen molar-refractivity contribution in [3.8, 4) is 0 Å². The summed E-state index contributed by atoms with van der Waals surface area (Å²) in [6, 6.07) is 0. The molecule has 1 fully saturated rings. The molecule has 1 atom stereocenters. The van der Waals surface area contributed by atoms with Gasteiger partial charge < -0.3 is 0 Å². The van der Waals surface area contributed by atoms with Crippen LogP contribution in [-0.2, 0) is 0 Å². The Bertz CT molecular complexity index is 50.9. The molecule has 1 heterocycles. The Morgan fingerprint density at radius 3 is 3.00 bits per heavy atom. The molecule has 0 N–H and O–H groups in total. The van der Waals surface area contributed by atoms with Gasteiger partial charge in [0.1, 0.15) is 0 Å². The maximum atomic E-state index is 4.03. The number of thiol groups is 1. The minimum Gasteiger partial charge on any atom is -0.157 e. The van der Waals surface area contributed by atoms with Crippen molar-refractivity contribution in [2.24, 2.45) is 0 Å². The van der Waals surface area contributed by atoms with E-state index in [0.29, 0.717) is 0 Å². The molecule has 0 saturated carbocycles. The minimum atomic E-state index is 1.000. The van der Waals surface area contributed by atoms with Gasteiger partial charge in [0.25, 0.3) is 0 Å². The van der Waals surface area contributed by atoms with Crippen LogP contribution >= 0.6 is 34.2 Å². The summed E-state index contributed by atoms with van der Waals surface area (Å²) in [6.45, 7) is 0. The molecule has 1 unspecified atom stereocenters. The van der Waals surface area contributed by atoms with E-state index in [1.54, 1.807) is 10.8 Å². The molecule has 0 nitrogen and oxygen atoms in total. The maximum Gasteiger partial charge on any atom is 0.0146 e. The second-order valence-electron chi connectivity index (χ2n) is 1.58. The molecule has 0 amide bonds. The molecule has 0 radical (unpaired) electrons. The zero-order chi connectivity index (χ0) is 5.11. The second kappa shape index (κ2) is 3.15. The van der Waals surface area contributed by atoms with Crippen molar-refractivity contribution in [1.29, 1.82) is 0 Å². The van der Waals surface area contributed by atoms with E-state index in [1.165, 1.54) is 17.9 Å². The first-order valence-electron chi connectivity index (χ1n) is 2.31. The maximum absolute atomic E-state index is 4.03. The van der Waals surface area contributed by atoms with Crippen LogP contribution in [0.1, 0.15) is 6.42 Å². The van der Waals surface area contributed by atoms with Gasteiger partial charge in [0.05, 0.1) is 0 Å². The van der Waals surface area contributed by atoms with Gasteiger partial charge >= 0.3 is 0 Å². The zero-order valence-electron chi connectivity index (χ0n) is 3.96. The average molecular weight is 152 g/mol. The third-order valence-corrected chi connectivity index (χ3v) is 2.94. The number of hydrogen-bond acceptors (Lipinski definition) is 3. The van der Waals surface area contributed by atoms with E-state index in [9.17, 15) is 0 Å². The van der Waals surface area contributed by atoms with Crippen LogP contribution in [0.3, 0.4) is 0 Å². The Hall–Kier alpha value is 1.05. The Labute approximate surface area is 57.6 Å². The highest BCUT2D eigenvalue weighted by atomic mass is 33.1. The first-order valence-corrected chi connectivity index (χ1v) is 5.40. The fraction of sp³-hybridized carbons (Fsp3) is 1.00. The van der Waals surface area contributed by atoms with Crippen LogP contribution in [0.25, 0.3) is 0 Å². The van der Waals surface area contributed by atoms with E-state index in [-0.39, 0.29) is 0 Å². The third-order valence-electron chi connectivity index (χ3n) is 0.933. The van der Waals surface area contributed by atoms with Crippen molar-refractivity contribution in [2.75, 3.05) is 11.5 Å². The Morgan fingerprint density at radius 2 is 2.57 bits per heavy atom. The predicted octanol–water partition coefficient (Wildman–Crippen LogP) is 2.07. The Balaban J connectivity index is 1.80. The molecule has 1 aliphatic heterocycles. The third kappa shape index (κ3) is 2.77. The van der Waals surface area contributed by atoms with E-state index in [1.807, 2.05) is 0 Å². The highest BCUT2D eigenvalue weighted by molar-refractivity contribution is 8.68. The highest BCUT2D eigenvalue weighted by Crippen LogP contribution is 2.34. The number of rotatable bonds is 3. The SMILES string of the molecule is SSCCC1CS1. The normalized spacial score (nSPS) is 27.9. The molecule has 0 bridgehead atoms. The van der Waals surface area contributed by atoms with E-state index in [0.717, 1.165) is 5.25 Å². The average Bonchev–Trinajstić information content (AvgIpc) is 2.42. The topological polar surface area (TPSA) is 0 Å². The lowest BCUT2D eigenvalue weighted by molar-refractivity contribution is 0.997.